The van der Waals surface area contributed by atoms with Gasteiger partial charge < -0.3 is 10.2 Å². The summed E-state index contributed by atoms with van der Waals surface area (Å²) in [5.41, 5.74) is 4.54. The van der Waals surface area contributed by atoms with E-state index in [0.717, 1.165) is 54.0 Å². The molecule has 1 saturated heterocycles. The van der Waals surface area contributed by atoms with E-state index in [1.54, 1.807) is 23.0 Å². The number of fused-ring (bicyclic) bond motifs is 1. The van der Waals surface area contributed by atoms with Crippen molar-refractivity contribution in [3.63, 3.8) is 0 Å². The molecule has 4 aromatic rings. The number of hydrogen-bond acceptors (Lipinski definition) is 8. The Morgan fingerprint density at radius 3 is 2.91 bits per heavy atom. The minimum Gasteiger partial charge on any atom is -0.382 e. The zero-order valence-electron chi connectivity index (χ0n) is 19.9. The summed E-state index contributed by atoms with van der Waals surface area (Å²) in [5, 5.41) is 26.7. The van der Waals surface area contributed by atoms with Gasteiger partial charge in [0.2, 0.25) is 5.01 Å². The maximum Gasteiger partial charge on any atom is 0.285 e. The van der Waals surface area contributed by atoms with Gasteiger partial charge in [-0.3, -0.25) is 9.78 Å². The molecule has 1 amide bonds. The van der Waals surface area contributed by atoms with Crippen molar-refractivity contribution in [2.45, 2.75) is 52.1 Å². The van der Waals surface area contributed by atoms with Gasteiger partial charge in [0.15, 0.2) is 5.01 Å². The van der Waals surface area contributed by atoms with Crippen molar-refractivity contribution in [1.29, 1.82) is 5.26 Å². The molecule has 0 aliphatic carbocycles. The van der Waals surface area contributed by atoms with Crippen molar-refractivity contribution < 1.29 is 4.79 Å². The molecule has 9 nitrogen and oxygen atoms in total. The fraction of sp³-hybridized carbons (Fsp3) is 0.360. The Morgan fingerprint density at radius 2 is 2.14 bits per heavy atom. The number of likely N-dealkylation sites (tertiary alicyclic amines) is 1. The molecule has 4 aromatic heterocycles. The second kappa shape index (κ2) is 9.43. The van der Waals surface area contributed by atoms with E-state index in [4.69, 9.17) is 10.2 Å². The van der Waals surface area contributed by atoms with Crippen LogP contribution in [0.25, 0.3) is 27.5 Å². The van der Waals surface area contributed by atoms with E-state index in [1.165, 1.54) is 11.3 Å². The van der Waals surface area contributed by atoms with Crippen LogP contribution in [0.5, 0.6) is 0 Å². The molecule has 178 valence electrons. The van der Waals surface area contributed by atoms with Crippen LogP contribution < -0.4 is 5.32 Å². The molecule has 1 N–H and O–H groups in total. The Bertz CT molecular complexity index is 1430. The van der Waals surface area contributed by atoms with Crippen LogP contribution in [-0.4, -0.2) is 54.2 Å². The predicted octanol–water partition coefficient (Wildman–Crippen LogP) is 4.62. The topological polar surface area (TPSA) is 112 Å². The molecule has 35 heavy (non-hydrogen) atoms. The van der Waals surface area contributed by atoms with Gasteiger partial charge >= 0.3 is 0 Å². The molecule has 0 unspecified atom stereocenters. The molecule has 5 heterocycles. The summed E-state index contributed by atoms with van der Waals surface area (Å²) in [7, 11) is 0. The number of rotatable bonds is 6. The second-order valence-electron chi connectivity index (χ2n) is 8.94. The van der Waals surface area contributed by atoms with Crippen LogP contribution in [0.15, 0.2) is 36.7 Å². The van der Waals surface area contributed by atoms with Gasteiger partial charge in [0.05, 0.1) is 34.2 Å². The van der Waals surface area contributed by atoms with Crippen molar-refractivity contribution in [2.75, 3.05) is 11.9 Å². The number of nitrogens with zero attached hydrogens (tertiary/aromatic N) is 7. The highest BCUT2D eigenvalue weighted by atomic mass is 32.1. The Morgan fingerprint density at radius 1 is 1.29 bits per heavy atom. The number of nitrogens with one attached hydrogen (secondary N) is 1. The highest BCUT2D eigenvalue weighted by Gasteiger charge is 2.30. The van der Waals surface area contributed by atoms with Crippen molar-refractivity contribution in [3.05, 3.63) is 47.2 Å². The quantitative estimate of drug-likeness (QED) is 0.423. The van der Waals surface area contributed by atoms with Crippen LogP contribution in [-0.2, 0) is 0 Å². The summed E-state index contributed by atoms with van der Waals surface area (Å²) in [6, 6.07) is 10.2. The highest BCUT2D eigenvalue weighted by molar-refractivity contribution is 7.16. The van der Waals surface area contributed by atoms with Gasteiger partial charge in [0, 0.05) is 30.5 Å². The van der Waals surface area contributed by atoms with Gasteiger partial charge in [-0.05, 0) is 57.4 Å². The zero-order chi connectivity index (χ0) is 24.5. The molecule has 10 heteroatoms. The standard InChI is InChI=1S/C25H26N8OS/c1-4-17-6-5-9-32(17)25(34)24-31-30-23(35-24)19-14-27-21(11-20(19)29-15(2)3)22-8-7-18-10-16(12-26)13-28-33(18)22/h7-8,10-11,13-15,17H,4-6,9H2,1-3H3,(H,27,29)/t17-/m1/s1. The lowest BCUT2D eigenvalue weighted by Crippen LogP contribution is -2.35. The number of carbonyl (C=O) groups excluding carboxylic acids is 1. The number of hydrogen-bond donors (Lipinski definition) is 1. The second-order valence-corrected chi connectivity index (χ2v) is 9.92. The summed E-state index contributed by atoms with van der Waals surface area (Å²) >= 11 is 1.30. The van der Waals surface area contributed by atoms with E-state index >= 15 is 0 Å². The summed E-state index contributed by atoms with van der Waals surface area (Å²) in [6.07, 6.45) is 6.34. The third kappa shape index (κ3) is 4.35. The van der Waals surface area contributed by atoms with Crippen molar-refractivity contribution in [3.8, 4) is 28.0 Å². The molecule has 1 aliphatic rings. The van der Waals surface area contributed by atoms with Gasteiger partial charge in [0.25, 0.3) is 5.91 Å². The maximum atomic E-state index is 13.1. The van der Waals surface area contributed by atoms with E-state index in [1.807, 2.05) is 23.1 Å². The summed E-state index contributed by atoms with van der Waals surface area (Å²) in [6.45, 7) is 7.02. The number of anilines is 1. The summed E-state index contributed by atoms with van der Waals surface area (Å²) < 4.78 is 1.77. The van der Waals surface area contributed by atoms with Crippen molar-refractivity contribution in [2.24, 2.45) is 0 Å². The van der Waals surface area contributed by atoms with E-state index in [0.29, 0.717) is 15.6 Å². The van der Waals surface area contributed by atoms with E-state index in [-0.39, 0.29) is 18.0 Å². The molecule has 0 radical (unpaired) electrons. The normalized spacial score (nSPS) is 15.6. The van der Waals surface area contributed by atoms with Crippen LogP contribution in [0.3, 0.4) is 0 Å². The molecule has 0 aromatic carbocycles. The van der Waals surface area contributed by atoms with Crippen LogP contribution >= 0.6 is 11.3 Å². The first-order valence-corrected chi connectivity index (χ1v) is 12.6. The lowest BCUT2D eigenvalue weighted by molar-refractivity contribution is 0.0732. The fourth-order valence-corrected chi connectivity index (χ4v) is 5.34. The van der Waals surface area contributed by atoms with Gasteiger partial charge in [-0.2, -0.15) is 10.4 Å². The lowest BCUT2D eigenvalue weighted by atomic mass is 10.1. The van der Waals surface area contributed by atoms with Crippen molar-refractivity contribution >= 4 is 28.4 Å². The van der Waals surface area contributed by atoms with Gasteiger partial charge in [-0.25, -0.2) is 4.52 Å². The number of nitriles is 1. The predicted molar refractivity (Wildman–Crippen MR) is 135 cm³/mol. The molecule has 0 spiro atoms. The average Bonchev–Trinajstić information content (AvgIpc) is 3.62. The Balaban J connectivity index is 1.50. The van der Waals surface area contributed by atoms with Crippen LogP contribution in [0.4, 0.5) is 5.69 Å². The van der Waals surface area contributed by atoms with Crippen LogP contribution in [0.1, 0.15) is 55.4 Å². The Hall–Kier alpha value is -3.84. The summed E-state index contributed by atoms with van der Waals surface area (Å²) in [4.78, 5) is 19.7. The molecule has 1 fully saturated rings. The average molecular weight is 487 g/mol. The number of amides is 1. The number of aromatic nitrogens is 5. The maximum absolute atomic E-state index is 13.1. The lowest BCUT2D eigenvalue weighted by Gasteiger charge is -2.22. The minimum absolute atomic E-state index is 0.0384. The van der Waals surface area contributed by atoms with E-state index in [9.17, 15) is 4.79 Å². The number of carbonyl (C=O) groups is 1. The highest BCUT2D eigenvalue weighted by Crippen LogP contribution is 2.34. The third-order valence-electron chi connectivity index (χ3n) is 6.19. The van der Waals surface area contributed by atoms with Gasteiger partial charge in [0.1, 0.15) is 6.07 Å². The third-order valence-corrected chi connectivity index (χ3v) is 7.13. The van der Waals surface area contributed by atoms with E-state index in [2.05, 4.69) is 47.5 Å². The number of pyridine rings is 1. The first-order valence-electron chi connectivity index (χ1n) is 11.8. The fourth-order valence-electron chi connectivity index (χ4n) is 4.52. The minimum atomic E-state index is -0.0384. The zero-order valence-corrected chi connectivity index (χ0v) is 20.7. The van der Waals surface area contributed by atoms with E-state index < -0.39 is 0 Å². The van der Waals surface area contributed by atoms with Crippen molar-refractivity contribution in [1.82, 2.24) is 29.7 Å². The first-order chi connectivity index (χ1) is 17.0. The smallest absolute Gasteiger partial charge is 0.285 e. The SMILES string of the molecule is CC[C@@H]1CCCN1C(=O)c1nnc(-c2cnc(-c3ccc4cc(C#N)cnn34)cc2NC(C)C)s1. The molecule has 0 bridgehead atoms. The van der Waals surface area contributed by atoms with Gasteiger partial charge in [-0.15, -0.1) is 10.2 Å². The Labute approximate surface area is 207 Å². The molecule has 0 saturated carbocycles. The first kappa shape index (κ1) is 22.9. The summed E-state index contributed by atoms with van der Waals surface area (Å²) in [5.74, 6) is -0.0384. The molecule has 1 atom stereocenters. The molecule has 1 aliphatic heterocycles. The Kier molecular flexibility index (Phi) is 6.17. The molecule has 5 rings (SSSR count). The molecular weight excluding hydrogens is 460 g/mol. The van der Waals surface area contributed by atoms with Gasteiger partial charge in [-0.1, -0.05) is 18.3 Å². The largest absolute Gasteiger partial charge is 0.382 e. The van der Waals surface area contributed by atoms with Crippen LogP contribution in [0, 0.1) is 11.3 Å². The monoisotopic (exact) mass is 486 g/mol. The molecular formula is C25H26N8OS. The van der Waals surface area contributed by atoms with Crippen LogP contribution in [0.2, 0.25) is 0 Å².